The first-order chi connectivity index (χ1) is 9.08. The topological polar surface area (TPSA) is 37.3 Å². The fourth-order valence-corrected chi connectivity index (χ4v) is 3.61. The molecule has 2 aromatic rings. The summed E-state index contributed by atoms with van der Waals surface area (Å²) in [5, 5.41) is 10.2. The molecule has 2 atom stereocenters. The van der Waals surface area contributed by atoms with Crippen LogP contribution in [0.25, 0.3) is 0 Å². The van der Waals surface area contributed by atoms with Crippen LogP contribution in [0.5, 0.6) is 0 Å². The first-order valence-corrected chi connectivity index (χ1v) is 8.35. The summed E-state index contributed by atoms with van der Waals surface area (Å²) in [6, 6.07) is 15.2. The molecule has 0 aromatic heterocycles. The van der Waals surface area contributed by atoms with Crippen molar-refractivity contribution in [2.75, 3.05) is 5.75 Å². The number of aliphatic hydroxyl groups is 1. The Morgan fingerprint density at radius 2 is 1.79 bits per heavy atom. The van der Waals surface area contributed by atoms with E-state index in [1.807, 2.05) is 55.5 Å². The van der Waals surface area contributed by atoms with Gasteiger partial charge in [-0.25, -0.2) is 0 Å². The van der Waals surface area contributed by atoms with E-state index in [1.165, 1.54) is 0 Å². The summed E-state index contributed by atoms with van der Waals surface area (Å²) in [7, 11) is -1.18. The van der Waals surface area contributed by atoms with Crippen LogP contribution in [0.3, 0.4) is 0 Å². The van der Waals surface area contributed by atoms with Crippen LogP contribution in [0.2, 0.25) is 0 Å². The van der Waals surface area contributed by atoms with Crippen LogP contribution in [0.4, 0.5) is 0 Å². The molecule has 0 aliphatic carbocycles. The molecule has 2 aromatic carbocycles. The zero-order valence-corrected chi connectivity index (χ0v) is 13.5. The van der Waals surface area contributed by atoms with Crippen LogP contribution in [-0.4, -0.2) is 15.1 Å². The van der Waals surface area contributed by atoms with Crippen molar-refractivity contribution < 1.29 is 9.32 Å². The van der Waals surface area contributed by atoms with E-state index in [-0.39, 0.29) is 5.75 Å². The van der Waals surface area contributed by atoms with E-state index in [2.05, 4.69) is 22.6 Å². The number of hydrogen-bond donors (Lipinski definition) is 1. The van der Waals surface area contributed by atoms with E-state index in [0.29, 0.717) is 0 Å². The summed E-state index contributed by atoms with van der Waals surface area (Å²) >= 11 is 2.18. The van der Waals surface area contributed by atoms with Gasteiger partial charge in [0.25, 0.3) is 0 Å². The summed E-state index contributed by atoms with van der Waals surface area (Å²) in [5.41, 5.74) is 1.97. The van der Waals surface area contributed by atoms with Crippen LogP contribution in [0.1, 0.15) is 17.2 Å². The normalized spacial score (nSPS) is 14.1. The van der Waals surface area contributed by atoms with E-state index in [4.69, 9.17) is 0 Å². The van der Waals surface area contributed by atoms with Gasteiger partial charge in [-0.2, -0.15) is 0 Å². The molecule has 2 rings (SSSR count). The molecule has 0 bridgehead atoms. The Morgan fingerprint density at radius 1 is 1.16 bits per heavy atom. The number of hydrogen-bond acceptors (Lipinski definition) is 2. The quantitative estimate of drug-likeness (QED) is 0.818. The molecule has 1 unspecified atom stereocenters. The van der Waals surface area contributed by atoms with E-state index < -0.39 is 16.9 Å². The zero-order chi connectivity index (χ0) is 13.8. The van der Waals surface area contributed by atoms with Gasteiger partial charge in [0.2, 0.25) is 0 Å². The lowest BCUT2D eigenvalue weighted by Crippen LogP contribution is -2.10. The molecular formula is C15H15IO2S. The molecule has 4 heteroatoms. The van der Waals surface area contributed by atoms with Crippen molar-refractivity contribution in [1.29, 1.82) is 0 Å². The van der Waals surface area contributed by atoms with Crippen molar-refractivity contribution in [3.63, 3.8) is 0 Å². The summed E-state index contributed by atoms with van der Waals surface area (Å²) < 4.78 is 13.2. The van der Waals surface area contributed by atoms with Crippen LogP contribution in [0.15, 0.2) is 53.4 Å². The molecule has 19 heavy (non-hydrogen) atoms. The Bertz CT molecular complexity index is 581. The second-order valence-corrected chi connectivity index (χ2v) is 7.02. The molecule has 1 N–H and O–H groups in total. The van der Waals surface area contributed by atoms with Crippen molar-refractivity contribution in [2.45, 2.75) is 17.9 Å². The Labute approximate surface area is 129 Å². The fraction of sp³-hybridized carbons (Fsp3) is 0.200. The predicted molar refractivity (Wildman–Crippen MR) is 86.6 cm³/mol. The molecule has 100 valence electrons. The van der Waals surface area contributed by atoms with Gasteiger partial charge in [-0.05, 0) is 53.3 Å². The average Bonchev–Trinajstić information content (AvgIpc) is 2.39. The second-order valence-electron chi connectivity index (χ2n) is 4.36. The maximum Gasteiger partial charge on any atom is 0.0919 e. The van der Waals surface area contributed by atoms with Crippen molar-refractivity contribution >= 4 is 33.4 Å². The number of rotatable bonds is 4. The number of benzene rings is 2. The van der Waals surface area contributed by atoms with E-state index >= 15 is 0 Å². The molecule has 0 aliphatic heterocycles. The van der Waals surface area contributed by atoms with E-state index in [9.17, 15) is 9.32 Å². The standard InChI is InChI=1S/C15H15IO2S/c1-11-6-8-12(9-7-11)19(18)10-15(17)13-4-2-3-5-14(13)16/h2-9,15,17H,10H2,1H3/t15-,19?/m0/s1. The molecule has 0 saturated heterocycles. The van der Waals surface area contributed by atoms with Gasteiger partial charge < -0.3 is 5.11 Å². The summed E-state index contributed by atoms with van der Waals surface area (Å²) in [6.45, 7) is 1.99. The van der Waals surface area contributed by atoms with Gasteiger partial charge >= 0.3 is 0 Å². The lowest BCUT2D eigenvalue weighted by Gasteiger charge is -2.12. The lowest BCUT2D eigenvalue weighted by atomic mass is 10.1. The van der Waals surface area contributed by atoms with Gasteiger partial charge in [0.15, 0.2) is 0 Å². The summed E-state index contributed by atoms with van der Waals surface area (Å²) in [5.74, 6) is 0.225. The van der Waals surface area contributed by atoms with Crippen LogP contribution >= 0.6 is 22.6 Å². The van der Waals surface area contributed by atoms with Crippen molar-refractivity contribution in [1.82, 2.24) is 0 Å². The van der Waals surface area contributed by atoms with E-state index in [1.54, 1.807) is 0 Å². The highest BCUT2D eigenvalue weighted by Crippen LogP contribution is 2.22. The average molecular weight is 386 g/mol. The molecule has 0 fully saturated rings. The predicted octanol–water partition coefficient (Wildman–Crippen LogP) is 3.44. The first kappa shape index (κ1) is 14.7. The van der Waals surface area contributed by atoms with E-state index in [0.717, 1.165) is 19.6 Å². The summed E-state index contributed by atoms with van der Waals surface area (Å²) in [6.07, 6.45) is -0.699. The molecule has 0 amide bonds. The highest BCUT2D eigenvalue weighted by Gasteiger charge is 2.15. The number of aliphatic hydroxyl groups excluding tert-OH is 1. The molecule has 0 heterocycles. The number of aryl methyl sites for hydroxylation is 1. The first-order valence-electron chi connectivity index (χ1n) is 5.95. The third-order valence-electron chi connectivity index (χ3n) is 2.86. The minimum absolute atomic E-state index is 0.225. The minimum atomic E-state index is -1.18. The van der Waals surface area contributed by atoms with Crippen molar-refractivity contribution in [2.24, 2.45) is 0 Å². The lowest BCUT2D eigenvalue weighted by molar-refractivity contribution is 0.202. The van der Waals surface area contributed by atoms with Gasteiger partial charge in [0.05, 0.1) is 22.7 Å². The Kier molecular flexibility index (Phi) is 5.13. The molecule has 0 spiro atoms. The fourth-order valence-electron chi connectivity index (χ4n) is 1.76. The van der Waals surface area contributed by atoms with Crippen molar-refractivity contribution in [3.8, 4) is 0 Å². The van der Waals surface area contributed by atoms with Crippen molar-refractivity contribution in [3.05, 3.63) is 63.2 Å². The largest absolute Gasteiger partial charge is 0.387 e. The molecule has 0 aliphatic rings. The number of halogens is 1. The highest BCUT2D eigenvalue weighted by atomic mass is 127. The smallest absolute Gasteiger partial charge is 0.0919 e. The maximum atomic E-state index is 12.2. The SMILES string of the molecule is Cc1ccc(S(=O)C[C@H](O)c2ccccc2I)cc1. The molecule has 0 saturated carbocycles. The third-order valence-corrected chi connectivity index (χ3v) is 5.26. The Hall–Kier alpha value is -0.720. The van der Waals surface area contributed by atoms with Gasteiger partial charge in [0.1, 0.15) is 0 Å². The van der Waals surface area contributed by atoms with Gasteiger partial charge in [-0.1, -0.05) is 35.9 Å². The van der Waals surface area contributed by atoms with Gasteiger partial charge in [-0.15, -0.1) is 0 Å². The monoisotopic (exact) mass is 386 g/mol. The second kappa shape index (κ2) is 6.63. The molecule has 0 radical (unpaired) electrons. The summed E-state index contributed by atoms with van der Waals surface area (Å²) in [4.78, 5) is 0.760. The Balaban J connectivity index is 2.11. The van der Waals surface area contributed by atoms with Crippen LogP contribution < -0.4 is 0 Å². The maximum absolute atomic E-state index is 12.2. The van der Waals surface area contributed by atoms with Gasteiger partial charge in [0, 0.05) is 8.47 Å². The molecule has 2 nitrogen and oxygen atoms in total. The third kappa shape index (κ3) is 3.87. The van der Waals surface area contributed by atoms with Crippen LogP contribution in [0, 0.1) is 10.5 Å². The zero-order valence-electron chi connectivity index (χ0n) is 10.5. The van der Waals surface area contributed by atoms with Gasteiger partial charge in [-0.3, -0.25) is 4.21 Å². The minimum Gasteiger partial charge on any atom is -0.387 e. The Morgan fingerprint density at radius 3 is 2.42 bits per heavy atom. The van der Waals surface area contributed by atoms with Crippen LogP contribution in [-0.2, 0) is 10.8 Å². The highest BCUT2D eigenvalue weighted by molar-refractivity contribution is 14.1. The molecular weight excluding hydrogens is 371 g/mol.